The molecule has 0 atom stereocenters. The minimum atomic E-state index is -0.0475. The first kappa shape index (κ1) is 23.1. The van der Waals surface area contributed by atoms with Crippen LogP contribution in [0.4, 0.5) is 5.69 Å². The number of nitrogens with zero attached hydrogens (tertiary/aromatic N) is 1. The Morgan fingerprint density at radius 1 is 1.16 bits per heavy atom. The first-order chi connectivity index (χ1) is 12.1. The van der Waals surface area contributed by atoms with E-state index in [9.17, 15) is 4.79 Å². The summed E-state index contributed by atoms with van der Waals surface area (Å²) in [6.07, 6.45) is 5.89. The third kappa shape index (κ3) is 9.25. The molecule has 0 aliphatic heterocycles. The highest BCUT2D eigenvalue weighted by Gasteiger charge is 2.16. The van der Waals surface area contributed by atoms with Crippen molar-refractivity contribution >= 4 is 23.0 Å². The van der Waals surface area contributed by atoms with Gasteiger partial charge in [0, 0.05) is 11.9 Å². The number of hydrogen-bond donors (Lipinski definition) is 1. The van der Waals surface area contributed by atoms with Crippen LogP contribution in [-0.2, 0) is 9.53 Å². The van der Waals surface area contributed by atoms with Crippen LogP contribution < -0.4 is 5.73 Å². The number of carbonyl (C=O) groups excluding carboxylic acids is 1. The number of nitrogen functional groups attached to an aromatic ring is 1. The van der Waals surface area contributed by atoms with E-state index in [0.717, 1.165) is 31.4 Å². The largest absolute Gasteiger partial charge is 0.469 e. The van der Waals surface area contributed by atoms with E-state index >= 15 is 0 Å². The molecule has 0 saturated carbocycles. The summed E-state index contributed by atoms with van der Waals surface area (Å²) in [4.78, 5) is 16.3. The number of aromatic nitrogens is 1. The van der Waals surface area contributed by atoms with Crippen LogP contribution in [0.15, 0.2) is 36.0 Å². The minimum absolute atomic E-state index is 0.0475. The Kier molecular flexibility index (Phi) is 13.4. The van der Waals surface area contributed by atoms with Gasteiger partial charge in [0.1, 0.15) is 0 Å². The number of benzene rings is 1. The van der Waals surface area contributed by atoms with E-state index in [4.69, 9.17) is 5.73 Å². The van der Waals surface area contributed by atoms with Gasteiger partial charge in [-0.2, -0.15) is 0 Å². The van der Waals surface area contributed by atoms with Crippen LogP contribution >= 0.6 is 11.3 Å². The molecule has 1 aromatic carbocycles. The van der Waals surface area contributed by atoms with E-state index in [2.05, 4.69) is 23.6 Å². The summed E-state index contributed by atoms with van der Waals surface area (Å²) in [6, 6.07) is 7.80. The molecule has 2 N–H and O–H groups in total. The van der Waals surface area contributed by atoms with Crippen molar-refractivity contribution in [1.82, 2.24) is 4.98 Å². The third-order valence-electron chi connectivity index (χ3n) is 3.44. The fourth-order valence-corrected chi connectivity index (χ4v) is 2.88. The van der Waals surface area contributed by atoms with Crippen LogP contribution in [0.1, 0.15) is 53.4 Å². The molecule has 140 valence electrons. The predicted octanol–water partition coefficient (Wildman–Crippen LogP) is 5.79. The van der Waals surface area contributed by atoms with Gasteiger partial charge in [-0.05, 0) is 30.5 Å². The Morgan fingerprint density at radius 3 is 2.12 bits per heavy atom. The molecular weight excluding hydrogens is 332 g/mol. The highest BCUT2D eigenvalue weighted by Crippen LogP contribution is 2.23. The second-order valence-electron chi connectivity index (χ2n) is 5.29. The van der Waals surface area contributed by atoms with E-state index in [1.807, 2.05) is 49.8 Å². The van der Waals surface area contributed by atoms with Gasteiger partial charge in [0.25, 0.3) is 0 Å². The average molecular weight is 365 g/mol. The maximum atomic E-state index is 11.1. The predicted molar refractivity (Wildman–Crippen MR) is 109 cm³/mol. The second kappa shape index (κ2) is 14.5. The van der Waals surface area contributed by atoms with Gasteiger partial charge < -0.3 is 10.5 Å². The average Bonchev–Trinajstić information content (AvgIpc) is 3.18. The Balaban J connectivity index is 0.000000422. The van der Waals surface area contributed by atoms with Crippen molar-refractivity contribution in [3.63, 3.8) is 0 Å². The molecule has 0 saturated heterocycles. The Bertz CT molecular complexity index is 548. The molecule has 0 aliphatic carbocycles. The van der Waals surface area contributed by atoms with Crippen molar-refractivity contribution in [1.29, 1.82) is 0 Å². The van der Waals surface area contributed by atoms with Crippen molar-refractivity contribution in [3.05, 3.63) is 36.0 Å². The van der Waals surface area contributed by atoms with E-state index in [1.54, 1.807) is 11.3 Å². The Hall–Kier alpha value is -1.88. The number of rotatable bonds is 6. The standard InChI is InChI=1S/C9H8N2S.C9H18O2.C2H6/c10-8-3-1-7(2-4-8)9-5-11-6-12-9;1-4-6-8(7-5-2)9(10)11-3;1-2/h1-6H,10H2;8H,4-7H2,1-3H3;1-2H3. The molecule has 5 heteroatoms. The van der Waals surface area contributed by atoms with Gasteiger partial charge in [-0.3, -0.25) is 9.78 Å². The highest BCUT2D eigenvalue weighted by molar-refractivity contribution is 7.13. The fourth-order valence-electron chi connectivity index (χ4n) is 2.25. The lowest BCUT2D eigenvalue weighted by atomic mass is 9.99. The van der Waals surface area contributed by atoms with Crippen LogP contribution in [0.2, 0.25) is 0 Å². The topological polar surface area (TPSA) is 65.2 Å². The van der Waals surface area contributed by atoms with Gasteiger partial charge in [0.05, 0.1) is 23.4 Å². The number of carbonyl (C=O) groups is 1. The van der Waals surface area contributed by atoms with E-state index in [1.165, 1.54) is 17.6 Å². The molecule has 0 amide bonds. The van der Waals surface area contributed by atoms with Crippen molar-refractivity contribution < 1.29 is 9.53 Å². The van der Waals surface area contributed by atoms with Gasteiger partial charge in [-0.15, -0.1) is 11.3 Å². The summed E-state index contributed by atoms with van der Waals surface area (Å²) in [5, 5.41) is 0. The van der Waals surface area contributed by atoms with Crippen LogP contribution in [-0.4, -0.2) is 18.1 Å². The molecular formula is C20H32N2O2S. The zero-order valence-electron chi connectivity index (χ0n) is 16.1. The first-order valence-electron chi connectivity index (χ1n) is 8.94. The molecule has 0 radical (unpaired) electrons. The lowest BCUT2D eigenvalue weighted by Gasteiger charge is -2.11. The van der Waals surface area contributed by atoms with Crippen molar-refractivity contribution in [2.45, 2.75) is 53.4 Å². The Morgan fingerprint density at radius 2 is 1.72 bits per heavy atom. The Labute approximate surface area is 156 Å². The molecule has 0 aliphatic rings. The van der Waals surface area contributed by atoms with Gasteiger partial charge in [0.2, 0.25) is 0 Å². The monoisotopic (exact) mass is 364 g/mol. The first-order valence-corrected chi connectivity index (χ1v) is 9.82. The summed E-state index contributed by atoms with van der Waals surface area (Å²) in [5.74, 6) is 0.0868. The number of esters is 1. The molecule has 2 rings (SSSR count). The van der Waals surface area contributed by atoms with Crippen molar-refractivity contribution in [2.75, 3.05) is 12.8 Å². The zero-order chi connectivity index (χ0) is 19.1. The quantitative estimate of drug-likeness (QED) is 0.520. The van der Waals surface area contributed by atoms with E-state index in [-0.39, 0.29) is 11.9 Å². The number of hydrogen-bond acceptors (Lipinski definition) is 5. The molecule has 0 unspecified atom stereocenters. The van der Waals surface area contributed by atoms with Gasteiger partial charge in [0.15, 0.2) is 0 Å². The number of ether oxygens (including phenoxy) is 1. The summed E-state index contributed by atoms with van der Waals surface area (Å²) >= 11 is 1.63. The van der Waals surface area contributed by atoms with Gasteiger partial charge in [-0.1, -0.05) is 52.7 Å². The van der Waals surface area contributed by atoms with Crippen LogP contribution in [0.3, 0.4) is 0 Å². The third-order valence-corrected chi connectivity index (χ3v) is 4.26. The number of nitrogens with two attached hydrogens (primary N) is 1. The smallest absolute Gasteiger partial charge is 0.308 e. The van der Waals surface area contributed by atoms with Crippen LogP contribution in [0, 0.1) is 5.92 Å². The summed E-state index contributed by atoms with van der Waals surface area (Å²) in [7, 11) is 1.46. The molecule has 0 bridgehead atoms. The maximum absolute atomic E-state index is 11.1. The lowest BCUT2D eigenvalue weighted by Crippen LogP contribution is -2.15. The lowest BCUT2D eigenvalue weighted by molar-refractivity contribution is -0.145. The summed E-state index contributed by atoms with van der Waals surface area (Å²) in [5.41, 5.74) is 9.36. The highest BCUT2D eigenvalue weighted by atomic mass is 32.1. The number of thiazole rings is 1. The molecule has 1 aromatic heterocycles. The maximum Gasteiger partial charge on any atom is 0.308 e. The van der Waals surface area contributed by atoms with Crippen molar-refractivity contribution in [3.8, 4) is 10.4 Å². The summed E-state index contributed by atoms with van der Waals surface area (Å²) in [6.45, 7) is 8.18. The molecule has 0 spiro atoms. The van der Waals surface area contributed by atoms with E-state index < -0.39 is 0 Å². The molecule has 1 heterocycles. The minimum Gasteiger partial charge on any atom is -0.469 e. The zero-order valence-corrected chi connectivity index (χ0v) is 16.9. The summed E-state index contributed by atoms with van der Waals surface area (Å²) < 4.78 is 4.68. The molecule has 0 fully saturated rings. The molecule has 2 aromatic rings. The molecule has 25 heavy (non-hydrogen) atoms. The van der Waals surface area contributed by atoms with Gasteiger partial charge in [-0.25, -0.2) is 0 Å². The second-order valence-corrected chi connectivity index (χ2v) is 6.17. The van der Waals surface area contributed by atoms with E-state index in [0.29, 0.717) is 0 Å². The van der Waals surface area contributed by atoms with Crippen molar-refractivity contribution in [2.24, 2.45) is 5.92 Å². The molecule has 4 nitrogen and oxygen atoms in total. The fraction of sp³-hybridized carbons (Fsp3) is 0.500. The van der Waals surface area contributed by atoms with Crippen LogP contribution in [0.25, 0.3) is 10.4 Å². The number of anilines is 1. The SMILES string of the molecule is CC.CCCC(CCC)C(=O)OC.Nc1ccc(-c2cncs2)cc1. The number of methoxy groups -OCH3 is 1. The van der Waals surface area contributed by atoms with Crippen LogP contribution in [0.5, 0.6) is 0 Å². The van der Waals surface area contributed by atoms with Gasteiger partial charge >= 0.3 is 5.97 Å². The normalized spacial score (nSPS) is 9.52.